The van der Waals surface area contributed by atoms with Crippen LogP contribution in [-0.2, 0) is 11.2 Å². The highest BCUT2D eigenvalue weighted by atomic mass is 16.5. The Labute approximate surface area is 78.5 Å². The minimum absolute atomic E-state index is 0.296. The molecule has 0 aliphatic rings. The van der Waals surface area contributed by atoms with Gasteiger partial charge in [0.15, 0.2) is 0 Å². The molecule has 0 fully saturated rings. The highest BCUT2D eigenvalue weighted by Crippen LogP contribution is 2.18. The third kappa shape index (κ3) is 2.51. The first-order chi connectivity index (χ1) is 6.13. The molecule has 2 nitrogen and oxygen atoms in total. The van der Waals surface area contributed by atoms with Gasteiger partial charge in [-0.15, -0.1) is 0 Å². The summed E-state index contributed by atoms with van der Waals surface area (Å²) in [7, 11) is 1.61. The molecular weight excluding hydrogens is 164 g/mol. The van der Waals surface area contributed by atoms with Crippen molar-refractivity contribution in [3.63, 3.8) is 0 Å². The van der Waals surface area contributed by atoms with E-state index in [0.29, 0.717) is 12.2 Å². The summed E-state index contributed by atoms with van der Waals surface area (Å²) in [6, 6.07) is 5.29. The highest BCUT2D eigenvalue weighted by Gasteiger charge is 2.01. The average molecular weight is 178 g/mol. The molecule has 0 aromatic heterocycles. The number of methoxy groups -OCH3 is 1. The number of rotatable bonds is 3. The second-order valence-corrected chi connectivity index (χ2v) is 3.03. The lowest BCUT2D eigenvalue weighted by atomic mass is 10.0. The maximum absolute atomic E-state index is 9.18. The topological polar surface area (TPSA) is 29.5 Å². The molecule has 0 spiro atoms. The molecular formula is C11H14O2. The van der Waals surface area contributed by atoms with Crippen molar-refractivity contribution in [1.29, 1.82) is 0 Å². The van der Waals surface area contributed by atoms with Crippen LogP contribution in [0.25, 0.3) is 0 Å². The van der Waals surface area contributed by atoms with Crippen molar-refractivity contribution in [3.05, 3.63) is 41.7 Å². The Morgan fingerprint density at radius 3 is 2.77 bits per heavy atom. The molecule has 0 saturated carbocycles. The summed E-state index contributed by atoms with van der Waals surface area (Å²) in [6.45, 7) is 5.70. The number of allylic oxidation sites excluding steroid dienone is 1. The molecule has 0 bridgehead atoms. The van der Waals surface area contributed by atoms with Gasteiger partial charge in [-0.2, -0.15) is 0 Å². The van der Waals surface area contributed by atoms with Crippen molar-refractivity contribution in [3.8, 4) is 5.75 Å². The van der Waals surface area contributed by atoms with Gasteiger partial charge in [0, 0.05) is 6.42 Å². The Kier molecular flexibility index (Phi) is 2.96. The third-order valence-corrected chi connectivity index (χ3v) is 2.00. The van der Waals surface area contributed by atoms with Gasteiger partial charge in [-0.05, 0) is 30.2 Å². The van der Waals surface area contributed by atoms with Crippen LogP contribution in [0.2, 0.25) is 0 Å². The number of aromatic hydroxyl groups is 1. The fraction of sp³-hybridized carbons (Fsp3) is 0.273. The van der Waals surface area contributed by atoms with Gasteiger partial charge in [0.05, 0.1) is 12.9 Å². The lowest BCUT2D eigenvalue weighted by Gasteiger charge is -2.07. The molecule has 0 aliphatic heterocycles. The summed E-state index contributed by atoms with van der Waals surface area (Å²) < 4.78 is 4.98. The predicted molar refractivity (Wildman–Crippen MR) is 52.7 cm³/mol. The van der Waals surface area contributed by atoms with Crippen molar-refractivity contribution in [2.45, 2.75) is 13.3 Å². The van der Waals surface area contributed by atoms with Crippen molar-refractivity contribution in [1.82, 2.24) is 0 Å². The summed E-state index contributed by atoms with van der Waals surface area (Å²) in [4.78, 5) is 0. The van der Waals surface area contributed by atoms with Crippen LogP contribution in [-0.4, -0.2) is 12.2 Å². The van der Waals surface area contributed by atoms with Crippen LogP contribution in [0.1, 0.15) is 11.1 Å². The Hall–Kier alpha value is -1.44. The quantitative estimate of drug-likeness (QED) is 0.720. The van der Waals surface area contributed by atoms with Crippen molar-refractivity contribution in [2.24, 2.45) is 0 Å². The van der Waals surface area contributed by atoms with Gasteiger partial charge < -0.3 is 9.84 Å². The Morgan fingerprint density at radius 1 is 1.54 bits per heavy atom. The van der Waals surface area contributed by atoms with E-state index in [4.69, 9.17) is 4.74 Å². The van der Waals surface area contributed by atoms with E-state index >= 15 is 0 Å². The summed E-state index contributed by atoms with van der Waals surface area (Å²) in [5, 5.41) is 9.18. The zero-order valence-corrected chi connectivity index (χ0v) is 8.00. The van der Waals surface area contributed by atoms with E-state index in [1.54, 1.807) is 19.2 Å². The molecule has 1 rings (SSSR count). The maximum Gasteiger partial charge on any atom is 0.115 e. The van der Waals surface area contributed by atoms with E-state index < -0.39 is 0 Å². The van der Waals surface area contributed by atoms with Crippen molar-refractivity contribution in [2.75, 3.05) is 7.11 Å². The molecule has 0 saturated heterocycles. The largest absolute Gasteiger partial charge is 0.508 e. The second-order valence-electron chi connectivity index (χ2n) is 3.03. The standard InChI is InChI=1S/C11H14O2/c1-8-6-11(12)5-4-10(8)7-9(2)13-3/h4-6,12H,2,7H2,1,3H3. The Morgan fingerprint density at radius 2 is 2.23 bits per heavy atom. The van der Waals surface area contributed by atoms with Gasteiger partial charge in [-0.1, -0.05) is 12.6 Å². The van der Waals surface area contributed by atoms with E-state index in [0.717, 1.165) is 16.9 Å². The number of phenolic OH excluding ortho intramolecular Hbond substituents is 1. The first-order valence-corrected chi connectivity index (χ1v) is 4.13. The molecule has 70 valence electrons. The molecule has 0 aliphatic carbocycles. The fourth-order valence-electron chi connectivity index (χ4n) is 1.16. The number of aryl methyl sites for hydroxylation is 1. The minimum Gasteiger partial charge on any atom is -0.508 e. The second kappa shape index (κ2) is 3.99. The molecule has 0 heterocycles. The molecule has 0 atom stereocenters. The van der Waals surface area contributed by atoms with Crippen LogP contribution in [0.5, 0.6) is 5.75 Å². The normalized spacial score (nSPS) is 9.69. The average Bonchev–Trinajstić information content (AvgIpc) is 2.09. The Balaban J connectivity index is 2.83. The lowest BCUT2D eigenvalue weighted by Crippen LogP contribution is -1.93. The zero-order valence-electron chi connectivity index (χ0n) is 8.00. The number of hydrogen-bond donors (Lipinski definition) is 1. The molecule has 1 aromatic carbocycles. The molecule has 0 unspecified atom stereocenters. The summed E-state index contributed by atoms with van der Waals surface area (Å²) in [5.74, 6) is 1.03. The first-order valence-electron chi connectivity index (χ1n) is 4.13. The highest BCUT2D eigenvalue weighted by molar-refractivity contribution is 5.35. The SMILES string of the molecule is C=C(Cc1ccc(O)cc1C)OC. The van der Waals surface area contributed by atoms with Gasteiger partial charge in [0.25, 0.3) is 0 Å². The number of phenols is 1. The molecule has 0 radical (unpaired) electrons. The lowest BCUT2D eigenvalue weighted by molar-refractivity contribution is 0.285. The van der Waals surface area contributed by atoms with Crippen molar-refractivity contribution < 1.29 is 9.84 Å². The maximum atomic E-state index is 9.18. The molecule has 13 heavy (non-hydrogen) atoms. The van der Waals surface area contributed by atoms with E-state index in [1.165, 1.54) is 0 Å². The Bertz CT molecular complexity index is 316. The van der Waals surface area contributed by atoms with Gasteiger partial charge >= 0.3 is 0 Å². The summed E-state index contributed by atoms with van der Waals surface area (Å²) >= 11 is 0. The van der Waals surface area contributed by atoms with Crippen LogP contribution in [0.4, 0.5) is 0 Å². The molecule has 1 N–H and O–H groups in total. The van der Waals surface area contributed by atoms with E-state index in [1.807, 2.05) is 13.0 Å². The summed E-state index contributed by atoms with van der Waals surface area (Å²) in [5.41, 5.74) is 2.18. The number of benzene rings is 1. The third-order valence-electron chi connectivity index (χ3n) is 2.00. The zero-order chi connectivity index (χ0) is 9.84. The first kappa shape index (κ1) is 9.65. The van der Waals surface area contributed by atoms with Crippen molar-refractivity contribution >= 4 is 0 Å². The van der Waals surface area contributed by atoms with Gasteiger partial charge in [-0.25, -0.2) is 0 Å². The van der Waals surface area contributed by atoms with Crippen LogP contribution in [0, 0.1) is 6.92 Å². The molecule has 0 amide bonds. The van der Waals surface area contributed by atoms with Crippen LogP contribution in [0.15, 0.2) is 30.5 Å². The number of hydrogen-bond acceptors (Lipinski definition) is 2. The van der Waals surface area contributed by atoms with Crippen LogP contribution >= 0.6 is 0 Å². The van der Waals surface area contributed by atoms with E-state index in [-0.39, 0.29) is 0 Å². The van der Waals surface area contributed by atoms with E-state index in [9.17, 15) is 5.11 Å². The number of ether oxygens (including phenoxy) is 1. The van der Waals surface area contributed by atoms with E-state index in [2.05, 4.69) is 6.58 Å². The van der Waals surface area contributed by atoms with Gasteiger partial charge in [-0.3, -0.25) is 0 Å². The van der Waals surface area contributed by atoms with Gasteiger partial charge in [0.2, 0.25) is 0 Å². The smallest absolute Gasteiger partial charge is 0.115 e. The van der Waals surface area contributed by atoms with Gasteiger partial charge in [0.1, 0.15) is 5.75 Å². The predicted octanol–water partition coefficient (Wildman–Crippen LogP) is 2.40. The minimum atomic E-state index is 0.296. The molecule has 1 aromatic rings. The van der Waals surface area contributed by atoms with Crippen LogP contribution < -0.4 is 0 Å². The molecule has 2 heteroatoms. The fourth-order valence-corrected chi connectivity index (χ4v) is 1.16. The monoisotopic (exact) mass is 178 g/mol. The summed E-state index contributed by atoms with van der Waals surface area (Å²) in [6.07, 6.45) is 0.697. The van der Waals surface area contributed by atoms with Crippen LogP contribution in [0.3, 0.4) is 0 Å².